The summed E-state index contributed by atoms with van der Waals surface area (Å²) in [6.07, 6.45) is 3.97. The third-order valence-corrected chi connectivity index (χ3v) is 7.22. The summed E-state index contributed by atoms with van der Waals surface area (Å²) in [5, 5.41) is 13.9. The molecule has 0 bridgehead atoms. The van der Waals surface area contributed by atoms with Gasteiger partial charge < -0.3 is 14.8 Å². The molecule has 1 aliphatic rings. The Balaban J connectivity index is 1.40. The fourth-order valence-corrected chi connectivity index (χ4v) is 5.06. The zero-order valence-corrected chi connectivity index (χ0v) is 16.2. The molecule has 148 valence electrons. The van der Waals surface area contributed by atoms with Crippen LogP contribution in [0.1, 0.15) is 30.3 Å². The number of rotatable bonds is 6. The zero-order chi connectivity index (χ0) is 19.6. The van der Waals surface area contributed by atoms with E-state index in [1.807, 2.05) is 12.1 Å². The van der Waals surface area contributed by atoms with Gasteiger partial charge in [0.25, 0.3) is 0 Å². The molecule has 3 heterocycles. The van der Waals surface area contributed by atoms with Crippen LogP contribution in [0.2, 0.25) is 0 Å². The van der Waals surface area contributed by atoms with E-state index < -0.39 is 21.3 Å². The van der Waals surface area contributed by atoms with Crippen LogP contribution in [0.4, 0.5) is 0 Å². The second-order valence-electron chi connectivity index (χ2n) is 7.00. The Bertz CT molecular complexity index is 1010. The molecule has 1 fully saturated rings. The number of aromatic nitrogens is 2. The lowest BCUT2D eigenvalue weighted by Gasteiger charge is -2.22. The number of aliphatic hydroxyl groups is 1. The van der Waals surface area contributed by atoms with Gasteiger partial charge in [0.1, 0.15) is 6.23 Å². The van der Waals surface area contributed by atoms with Crippen molar-refractivity contribution in [1.29, 1.82) is 0 Å². The number of benzene rings is 1. The molecule has 1 aromatic carbocycles. The van der Waals surface area contributed by atoms with Crippen molar-refractivity contribution in [2.24, 2.45) is 0 Å². The lowest BCUT2D eigenvalue weighted by molar-refractivity contribution is 0.0991. The highest BCUT2D eigenvalue weighted by Crippen LogP contribution is 2.23. The van der Waals surface area contributed by atoms with Gasteiger partial charge in [0.05, 0.1) is 22.4 Å². The molecule has 28 heavy (non-hydrogen) atoms. The van der Waals surface area contributed by atoms with E-state index in [-0.39, 0.29) is 6.61 Å². The van der Waals surface area contributed by atoms with Crippen molar-refractivity contribution in [2.45, 2.75) is 35.8 Å². The van der Waals surface area contributed by atoms with Gasteiger partial charge in [0.2, 0.25) is 0 Å². The van der Waals surface area contributed by atoms with Crippen molar-refractivity contribution in [2.75, 3.05) is 13.2 Å². The number of fused-ring (bicyclic) bond motifs is 1. The number of pyridine rings is 1. The average Bonchev–Trinajstić information content (AvgIpc) is 3.17. The predicted molar refractivity (Wildman–Crippen MR) is 105 cm³/mol. The smallest absolute Gasteiger partial charge is 0.183 e. The maximum atomic E-state index is 12.7. The largest absolute Gasteiger partial charge is 0.380 e. The number of hydrogen-bond acceptors (Lipinski definition) is 6. The van der Waals surface area contributed by atoms with Crippen LogP contribution < -0.4 is 5.32 Å². The van der Waals surface area contributed by atoms with Crippen LogP contribution in [-0.2, 0) is 21.1 Å². The number of ether oxygens (including phenoxy) is 1. The van der Waals surface area contributed by atoms with Crippen molar-refractivity contribution in [3.63, 3.8) is 0 Å². The van der Waals surface area contributed by atoms with Gasteiger partial charge in [-0.25, -0.2) is 8.42 Å². The Morgan fingerprint density at radius 2 is 2.11 bits per heavy atom. The van der Waals surface area contributed by atoms with E-state index in [0.29, 0.717) is 30.2 Å². The van der Waals surface area contributed by atoms with Crippen molar-refractivity contribution in [3.05, 3.63) is 60.0 Å². The molecule has 0 spiro atoms. The van der Waals surface area contributed by atoms with E-state index in [2.05, 4.69) is 15.3 Å². The summed E-state index contributed by atoms with van der Waals surface area (Å²) >= 11 is 0. The van der Waals surface area contributed by atoms with Crippen LogP contribution in [0.25, 0.3) is 10.9 Å². The molecule has 1 saturated heterocycles. The quantitative estimate of drug-likeness (QED) is 0.548. The highest BCUT2D eigenvalue weighted by Gasteiger charge is 2.29. The first-order valence-corrected chi connectivity index (χ1v) is 10.8. The molecular formula is C20H23N3O4S. The van der Waals surface area contributed by atoms with Crippen LogP contribution in [-0.4, -0.2) is 42.0 Å². The fourth-order valence-electron chi connectivity index (χ4n) is 3.41. The molecule has 2 aromatic heterocycles. The molecule has 1 aliphatic heterocycles. The molecule has 3 aromatic rings. The van der Waals surface area contributed by atoms with Gasteiger partial charge in [-0.2, -0.15) is 0 Å². The van der Waals surface area contributed by atoms with Crippen molar-refractivity contribution in [3.8, 4) is 0 Å². The van der Waals surface area contributed by atoms with E-state index in [0.717, 1.165) is 22.9 Å². The first-order chi connectivity index (χ1) is 13.5. The lowest BCUT2D eigenvalue weighted by atomic mass is 10.2. The van der Waals surface area contributed by atoms with Crippen LogP contribution in [0, 0.1) is 0 Å². The average molecular weight is 401 g/mol. The highest BCUT2D eigenvalue weighted by atomic mass is 32.2. The Morgan fingerprint density at radius 1 is 1.29 bits per heavy atom. The maximum absolute atomic E-state index is 12.7. The number of aromatic amines is 1. The maximum Gasteiger partial charge on any atom is 0.183 e. The number of nitrogens with one attached hydrogen (secondary N) is 2. The molecule has 0 saturated carbocycles. The van der Waals surface area contributed by atoms with E-state index in [4.69, 9.17) is 4.74 Å². The van der Waals surface area contributed by atoms with Gasteiger partial charge in [0, 0.05) is 36.4 Å². The monoisotopic (exact) mass is 401 g/mol. The normalized spacial score (nSPS) is 19.0. The third kappa shape index (κ3) is 3.95. The molecule has 0 aliphatic carbocycles. The molecule has 8 heteroatoms. The van der Waals surface area contributed by atoms with Gasteiger partial charge >= 0.3 is 0 Å². The topological polar surface area (TPSA) is 104 Å². The Morgan fingerprint density at radius 3 is 2.82 bits per heavy atom. The summed E-state index contributed by atoms with van der Waals surface area (Å²) in [4.78, 5) is 7.53. The van der Waals surface area contributed by atoms with E-state index in [1.54, 1.807) is 36.7 Å². The summed E-state index contributed by atoms with van der Waals surface area (Å²) in [7, 11) is -3.37. The zero-order valence-electron chi connectivity index (χ0n) is 15.3. The van der Waals surface area contributed by atoms with Crippen molar-refractivity contribution >= 4 is 20.7 Å². The highest BCUT2D eigenvalue weighted by molar-refractivity contribution is 7.92. The van der Waals surface area contributed by atoms with E-state index >= 15 is 0 Å². The number of aliphatic hydroxyl groups excluding tert-OH is 1. The van der Waals surface area contributed by atoms with Gasteiger partial charge in [-0.1, -0.05) is 12.1 Å². The summed E-state index contributed by atoms with van der Waals surface area (Å²) in [5.74, 6) is 0. The standard InChI is InChI=1S/C20H23N3O4S/c24-20(19-10-15-12-21-8-7-18(15)23-19)22-11-14-3-5-16(6-4-14)28(25,26)17-2-1-9-27-13-17/h3-8,10,12,17,20,22-24H,1-2,9,11,13H2. The lowest BCUT2D eigenvalue weighted by Crippen LogP contribution is -2.31. The number of H-pyrrole nitrogens is 1. The second kappa shape index (κ2) is 8.00. The minimum Gasteiger partial charge on any atom is -0.380 e. The molecule has 7 nitrogen and oxygen atoms in total. The SMILES string of the molecule is O=S(=O)(c1ccc(CNC(O)c2cc3cnccc3[nH]2)cc1)C1CCCOC1. The Hall–Kier alpha value is -2.26. The molecular weight excluding hydrogens is 378 g/mol. The number of nitrogens with zero attached hydrogens (tertiary/aromatic N) is 1. The Labute approximate surface area is 163 Å². The first kappa shape index (κ1) is 19.1. The van der Waals surface area contributed by atoms with Gasteiger partial charge in [-0.05, 0) is 42.7 Å². The molecule has 2 atom stereocenters. The predicted octanol–water partition coefficient (Wildman–Crippen LogP) is 2.30. The van der Waals surface area contributed by atoms with Gasteiger partial charge in [-0.15, -0.1) is 0 Å². The van der Waals surface area contributed by atoms with Crippen molar-refractivity contribution in [1.82, 2.24) is 15.3 Å². The van der Waals surface area contributed by atoms with Gasteiger partial charge in [0.15, 0.2) is 9.84 Å². The fraction of sp³-hybridized carbons (Fsp3) is 0.350. The van der Waals surface area contributed by atoms with E-state index in [9.17, 15) is 13.5 Å². The van der Waals surface area contributed by atoms with Crippen molar-refractivity contribution < 1.29 is 18.3 Å². The molecule has 0 radical (unpaired) electrons. The summed E-state index contributed by atoms with van der Waals surface area (Å²) in [5.41, 5.74) is 2.45. The molecule has 0 amide bonds. The molecule has 3 N–H and O–H groups in total. The minimum atomic E-state index is -3.37. The molecule has 4 rings (SSSR count). The summed E-state index contributed by atoms with van der Waals surface area (Å²) in [6, 6.07) is 10.5. The third-order valence-electron chi connectivity index (χ3n) is 5.05. The molecule has 2 unspecified atom stereocenters. The first-order valence-electron chi connectivity index (χ1n) is 9.29. The summed E-state index contributed by atoms with van der Waals surface area (Å²) < 4.78 is 30.7. The van der Waals surface area contributed by atoms with Gasteiger partial charge in [-0.3, -0.25) is 10.3 Å². The Kier molecular flexibility index (Phi) is 5.45. The number of sulfone groups is 1. The van der Waals surface area contributed by atoms with Crippen LogP contribution in [0.3, 0.4) is 0 Å². The van der Waals surface area contributed by atoms with Crippen LogP contribution in [0.15, 0.2) is 53.7 Å². The van der Waals surface area contributed by atoms with E-state index in [1.165, 1.54) is 0 Å². The number of hydrogen-bond donors (Lipinski definition) is 3. The van der Waals surface area contributed by atoms with Crippen LogP contribution in [0.5, 0.6) is 0 Å². The van der Waals surface area contributed by atoms with Crippen LogP contribution >= 0.6 is 0 Å². The minimum absolute atomic E-state index is 0.262. The second-order valence-corrected chi connectivity index (χ2v) is 9.23. The summed E-state index contributed by atoms with van der Waals surface area (Å²) in [6.45, 7) is 1.30.